The SMILES string of the molecule is C/C(=N\NC(=O)c1cc(C)oc1C)c1sc(-c2ccc(O)cc2)nc1C. The van der Waals surface area contributed by atoms with E-state index in [0.29, 0.717) is 22.8 Å². The van der Waals surface area contributed by atoms with Crippen LogP contribution in [0, 0.1) is 20.8 Å². The Kier molecular flexibility index (Phi) is 4.90. The summed E-state index contributed by atoms with van der Waals surface area (Å²) >= 11 is 1.49. The first-order chi connectivity index (χ1) is 12.3. The van der Waals surface area contributed by atoms with Gasteiger partial charge in [0.05, 0.1) is 21.8 Å². The number of aromatic nitrogens is 1. The summed E-state index contributed by atoms with van der Waals surface area (Å²) in [5.74, 6) is 1.16. The third-order valence-corrected chi connectivity index (χ3v) is 5.17. The lowest BCUT2D eigenvalue weighted by Gasteiger charge is -2.00. The number of amides is 1. The predicted molar refractivity (Wildman–Crippen MR) is 102 cm³/mol. The highest BCUT2D eigenvalue weighted by molar-refractivity contribution is 7.17. The summed E-state index contributed by atoms with van der Waals surface area (Å²) in [6.45, 7) is 7.27. The van der Waals surface area contributed by atoms with Crippen LogP contribution < -0.4 is 5.43 Å². The maximum atomic E-state index is 12.2. The minimum Gasteiger partial charge on any atom is -0.508 e. The van der Waals surface area contributed by atoms with E-state index in [2.05, 4.69) is 15.5 Å². The summed E-state index contributed by atoms with van der Waals surface area (Å²) < 4.78 is 5.37. The van der Waals surface area contributed by atoms with Crippen molar-refractivity contribution in [3.8, 4) is 16.3 Å². The van der Waals surface area contributed by atoms with E-state index >= 15 is 0 Å². The molecule has 0 spiro atoms. The molecule has 0 radical (unpaired) electrons. The number of hydrogen-bond donors (Lipinski definition) is 2. The van der Waals surface area contributed by atoms with E-state index in [1.165, 1.54) is 11.3 Å². The Hall–Kier alpha value is -2.93. The maximum Gasteiger partial charge on any atom is 0.274 e. The molecule has 2 aromatic heterocycles. The number of aryl methyl sites for hydroxylation is 3. The van der Waals surface area contributed by atoms with Gasteiger partial charge in [0.25, 0.3) is 5.91 Å². The van der Waals surface area contributed by atoms with Crippen molar-refractivity contribution in [2.75, 3.05) is 0 Å². The van der Waals surface area contributed by atoms with Gasteiger partial charge in [-0.15, -0.1) is 11.3 Å². The second kappa shape index (κ2) is 7.13. The minimum atomic E-state index is -0.306. The van der Waals surface area contributed by atoms with Crippen molar-refractivity contribution in [2.24, 2.45) is 5.10 Å². The number of rotatable bonds is 4. The van der Waals surface area contributed by atoms with Crippen molar-refractivity contribution >= 4 is 23.0 Å². The summed E-state index contributed by atoms with van der Waals surface area (Å²) in [6, 6.07) is 8.58. The van der Waals surface area contributed by atoms with Gasteiger partial charge >= 0.3 is 0 Å². The Morgan fingerprint density at radius 1 is 1.23 bits per heavy atom. The summed E-state index contributed by atoms with van der Waals surface area (Å²) in [6.07, 6.45) is 0. The van der Waals surface area contributed by atoms with Crippen LogP contribution in [0.2, 0.25) is 0 Å². The normalized spacial score (nSPS) is 11.6. The van der Waals surface area contributed by atoms with Crippen molar-refractivity contribution in [1.82, 2.24) is 10.4 Å². The summed E-state index contributed by atoms with van der Waals surface area (Å²) in [5.41, 5.74) is 5.48. The van der Waals surface area contributed by atoms with E-state index in [0.717, 1.165) is 21.1 Å². The lowest BCUT2D eigenvalue weighted by atomic mass is 10.2. The Morgan fingerprint density at radius 3 is 2.54 bits per heavy atom. The minimum absolute atomic E-state index is 0.215. The Bertz CT molecular complexity index is 984. The van der Waals surface area contributed by atoms with Crippen molar-refractivity contribution in [3.05, 3.63) is 58.0 Å². The molecule has 0 saturated heterocycles. The monoisotopic (exact) mass is 369 g/mol. The van der Waals surface area contributed by atoms with Gasteiger partial charge in [0, 0.05) is 5.56 Å². The molecule has 2 heterocycles. The van der Waals surface area contributed by atoms with Crippen LogP contribution in [0.15, 0.2) is 39.9 Å². The average Bonchev–Trinajstić information content (AvgIpc) is 3.15. The lowest BCUT2D eigenvalue weighted by molar-refractivity contribution is 0.0953. The zero-order valence-electron chi connectivity index (χ0n) is 15.0. The molecule has 6 nitrogen and oxygen atoms in total. The number of carbonyl (C=O) groups is 1. The summed E-state index contributed by atoms with van der Waals surface area (Å²) in [4.78, 5) is 17.7. The number of phenols is 1. The average molecular weight is 369 g/mol. The molecule has 0 unspecified atom stereocenters. The Morgan fingerprint density at radius 2 is 1.92 bits per heavy atom. The number of phenolic OH excluding ortho intramolecular Hbond substituents is 1. The Balaban J connectivity index is 1.80. The third-order valence-electron chi connectivity index (χ3n) is 3.85. The van der Waals surface area contributed by atoms with E-state index in [1.807, 2.05) is 26.0 Å². The number of hydrazone groups is 1. The van der Waals surface area contributed by atoms with Gasteiger partial charge in [-0.05, 0) is 58.0 Å². The number of carbonyl (C=O) groups excluding carboxylic acids is 1. The zero-order valence-corrected chi connectivity index (χ0v) is 15.8. The smallest absolute Gasteiger partial charge is 0.274 e. The number of aromatic hydroxyl groups is 1. The van der Waals surface area contributed by atoms with Crippen LogP contribution in [0.4, 0.5) is 0 Å². The fourth-order valence-corrected chi connectivity index (χ4v) is 3.58. The molecule has 0 saturated carbocycles. The van der Waals surface area contributed by atoms with Gasteiger partial charge in [-0.2, -0.15) is 5.10 Å². The zero-order chi connectivity index (χ0) is 18.8. The van der Waals surface area contributed by atoms with E-state index < -0.39 is 0 Å². The van der Waals surface area contributed by atoms with Crippen LogP contribution >= 0.6 is 11.3 Å². The third kappa shape index (κ3) is 3.67. The topological polar surface area (TPSA) is 87.7 Å². The molecule has 0 bridgehead atoms. The molecule has 1 amide bonds. The van der Waals surface area contributed by atoms with E-state index in [4.69, 9.17) is 4.42 Å². The molecule has 134 valence electrons. The van der Waals surface area contributed by atoms with Gasteiger partial charge in [0.1, 0.15) is 22.3 Å². The molecule has 2 N–H and O–H groups in total. The number of nitrogens with zero attached hydrogens (tertiary/aromatic N) is 2. The fourth-order valence-electron chi connectivity index (χ4n) is 2.56. The van der Waals surface area contributed by atoms with Gasteiger partial charge in [-0.25, -0.2) is 10.4 Å². The first-order valence-electron chi connectivity index (χ1n) is 8.04. The van der Waals surface area contributed by atoms with Gasteiger partial charge < -0.3 is 9.52 Å². The van der Waals surface area contributed by atoms with Gasteiger partial charge in [-0.3, -0.25) is 4.79 Å². The highest BCUT2D eigenvalue weighted by Gasteiger charge is 2.15. The molecule has 1 aromatic carbocycles. The van der Waals surface area contributed by atoms with Crippen LogP contribution in [-0.4, -0.2) is 21.7 Å². The molecular weight excluding hydrogens is 350 g/mol. The highest BCUT2D eigenvalue weighted by atomic mass is 32.1. The predicted octanol–water partition coefficient (Wildman–Crippen LogP) is 4.19. The number of benzene rings is 1. The first kappa shape index (κ1) is 17.9. The van der Waals surface area contributed by atoms with Crippen molar-refractivity contribution < 1.29 is 14.3 Å². The standard InChI is InChI=1S/C19H19N3O3S/c1-10-9-16(13(4)25-10)18(24)22-21-12(3)17-11(2)20-19(26-17)14-5-7-15(23)8-6-14/h5-9,23H,1-4H3,(H,22,24)/b21-12+. The van der Waals surface area contributed by atoms with E-state index in [1.54, 1.807) is 32.0 Å². The number of nitrogens with one attached hydrogen (secondary N) is 1. The molecule has 0 atom stereocenters. The highest BCUT2D eigenvalue weighted by Crippen LogP contribution is 2.29. The van der Waals surface area contributed by atoms with Crippen LogP contribution in [0.1, 0.15) is 39.4 Å². The van der Waals surface area contributed by atoms with Crippen LogP contribution in [0.5, 0.6) is 5.75 Å². The lowest BCUT2D eigenvalue weighted by Crippen LogP contribution is -2.19. The van der Waals surface area contributed by atoms with E-state index in [9.17, 15) is 9.90 Å². The quantitative estimate of drug-likeness (QED) is 0.533. The number of furan rings is 1. The van der Waals surface area contributed by atoms with Crippen LogP contribution in [0.3, 0.4) is 0 Å². The molecule has 0 aliphatic heterocycles. The van der Waals surface area contributed by atoms with Crippen molar-refractivity contribution in [1.29, 1.82) is 0 Å². The molecular formula is C19H19N3O3S. The summed E-state index contributed by atoms with van der Waals surface area (Å²) in [7, 11) is 0. The molecule has 3 aromatic rings. The van der Waals surface area contributed by atoms with Gasteiger partial charge in [0.2, 0.25) is 0 Å². The van der Waals surface area contributed by atoms with Gasteiger partial charge in [-0.1, -0.05) is 0 Å². The van der Waals surface area contributed by atoms with Gasteiger partial charge in [0.15, 0.2) is 0 Å². The number of thiazole rings is 1. The second-order valence-corrected chi connectivity index (χ2v) is 6.94. The molecule has 0 aliphatic rings. The molecule has 26 heavy (non-hydrogen) atoms. The molecule has 0 aliphatic carbocycles. The molecule has 0 fully saturated rings. The Labute approximate surface area is 155 Å². The summed E-state index contributed by atoms with van der Waals surface area (Å²) in [5, 5.41) is 14.4. The van der Waals surface area contributed by atoms with Crippen molar-refractivity contribution in [3.63, 3.8) is 0 Å². The largest absolute Gasteiger partial charge is 0.508 e. The second-order valence-electron chi connectivity index (χ2n) is 5.95. The van der Waals surface area contributed by atoms with E-state index in [-0.39, 0.29) is 11.7 Å². The molecule has 3 rings (SSSR count). The number of hydrogen-bond acceptors (Lipinski definition) is 6. The van der Waals surface area contributed by atoms with Crippen LogP contribution in [0.25, 0.3) is 10.6 Å². The first-order valence-corrected chi connectivity index (χ1v) is 8.85. The van der Waals surface area contributed by atoms with Crippen LogP contribution in [-0.2, 0) is 0 Å². The fraction of sp³-hybridized carbons (Fsp3) is 0.211. The molecule has 7 heteroatoms. The van der Waals surface area contributed by atoms with Crippen molar-refractivity contribution in [2.45, 2.75) is 27.7 Å². The maximum absolute atomic E-state index is 12.2.